The molecule has 24 heavy (non-hydrogen) atoms. The number of fused-ring (bicyclic) bond motifs is 3. The summed E-state index contributed by atoms with van der Waals surface area (Å²) in [5, 5.41) is 13.7. The van der Waals surface area contributed by atoms with E-state index in [-0.39, 0.29) is 0 Å². The number of aromatic nitrogens is 4. The lowest BCUT2D eigenvalue weighted by atomic mass is 10.2. The highest BCUT2D eigenvalue weighted by atomic mass is 15.4. The van der Waals surface area contributed by atoms with Crippen molar-refractivity contribution in [2.24, 2.45) is 5.10 Å². The molecule has 0 saturated heterocycles. The number of hydrogen-bond acceptors (Lipinski definition) is 5. The van der Waals surface area contributed by atoms with Gasteiger partial charge in [-0.2, -0.15) is 10.1 Å². The summed E-state index contributed by atoms with van der Waals surface area (Å²) in [6.45, 7) is 2.91. The minimum Gasteiger partial charge on any atom is -0.324 e. The Morgan fingerprint density at radius 1 is 1.04 bits per heavy atom. The predicted molar refractivity (Wildman–Crippen MR) is 96.2 cm³/mol. The van der Waals surface area contributed by atoms with Gasteiger partial charge in [0.2, 0.25) is 0 Å². The van der Waals surface area contributed by atoms with Gasteiger partial charge >= 0.3 is 0 Å². The second kappa shape index (κ2) is 6.08. The molecule has 0 radical (unpaired) electrons. The average molecular weight is 316 g/mol. The molecule has 2 aromatic heterocycles. The number of aryl methyl sites for hydroxylation is 1. The zero-order chi connectivity index (χ0) is 16.4. The van der Waals surface area contributed by atoms with Crippen LogP contribution in [0.4, 0.5) is 5.95 Å². The highest BCUT2D eigenvalue weighted by Crippen LogP contribution is 2.25. The second-order valence-electron chi connectivity index (χ2n) is 5.35. The fourth-order valence-corrected chi connectivity index (χ4v) is 2.77. The van der Waals surface area contributed by atoms with Gasteiger partial charge in [0.1, 0.15) is 5.52 Å². The van der Waals surface area contributed by atoms with Gasteiger partial charge in [0.05, 0.1) is 11.7 Å². The molecule has 0 unspecified atom stereocenters. The summed E-state index contributed by atoms with van der Waals surface area (Å²) in [6.07, 6.45) is 1.73. The van der Waals surface area contributed by atoms with E-state index in [1.807, 2.05) is 48.5 Å². The van der Waals surface area contributed by atoms with Crippen LogP contribution < -0.4 is 5.43 Å². The average Bonchev–Trinajstić information content (AvgIpc) is 2.95. The standard InChI is InChI=1S/C18H16N6/c1-2-24-15-11-7-6-10-14(15)16-17(24)20-18(23-21-16)22-19-12-13-8-4-3-5-9-13/h3-12H,2H2,1H3,(H,20,22,23)/b19-12-. The molecule has 0 atom stereocenters. The van der Waals surface area contributed by atoms with Crippen molar-refractivity contribution in [3.05, 3.63) is 60.2 Å². The summed E-state index contributed by atoms with van der Waals surface area (Å²) in [7, 11) is 0. The number of rotatable bonds is 4. The van der Waals surface area contributed by atoms with E-state index in [4.69, 9.17) is 0 Å². The Labute approximate surface area is 138 Å². The first kappa shape index (κ1) is 14.3. The maximum atomic E-state index is 4.58. The van der Waals surface area contributed by atoms with Crippen molar-refractivity contribution in [2.75, 3.05) is 5.43 Å². The molecule has 0 saturated carbocycles. The van der Waals surface area contributed by atoms with Gasteiger partial charge in [0.15, 0.2) is 5.65 Å². The monoisotopic (exact) mass is 316 g/mol. The van der Waals surface area contributed by atoms with Crippen LogP contribution in [-0.4, -0.2) is 26.0 Å². The Morgan fingerprint density at radius 2 is 1.83 bits per heavy atom. The summed E-state index contributed by atoms with van der Waals surface area (Å²) in [6, 6.07) is 18.0. The molecule has 0 bridgehead atoms. The van der Waals surface area contributed by atoms with Crippen molar-refractivity contribution in [2.45, 2.75) is 13.5 Å². The van der Waals surface area contributed by atoms with Gasteiger partial charge in [-0.1, -0.05) is 48.5 Å². The summed E-state index contributed by atoms with van der Waals surface area (Å²) in [5.41, 5.74) is 6.59. The zero-order valence-corrected chi connectivity index (χ0v) is 13.2. The third kappa shape index (κ3) is 2.48. The molecule has 4 rings (SSSR count). The molecule has 2 heterocycles. The minimum absolute atomic E-state index is 0.382. The Morgan fingerprint density at radius 3 is 2.67 bits per heavy atom. The molecule has 1 N–H and O–H groups in total. The van der Waals surface area contributed by atoms with E-state index in [2.05, 4.69) is 43.3 Å². The molecule has 118 valence electrons. The first-order valence-electron chi connectivity index (χ1n) is 7.82. The summed E-state index contributed by atoms with van der Waals surface area (Å²) in [5.74, 6) is 0.382. The first-order valence-corrected chi connectivity index (χ1v) is 7.82. The van der Waals surface area contributed by atoms with E-state index in [1.54, 1.807) is 6.21 Å². The topological polar surface area (TPSA) is 68.0 Å². The summed E-state index contributed by atoms with van der Waals surface area (Å²) < 4.78 is 2.13. The summed E-state index contributed by atoms with van der Waals surface area (Å²) >= 11 is 0. The molecular weight excluding hydrogens is 300 g/mol. The number of anilines is 1. The van der Waals surface area contributed by atoms with Crippen molar-refractivity contribution in [1.82, 2.24) is 19.7 Å². The van der Waals surface area contributed by atoms with E-state index >= 15 is 0 Å². The Hall–Kier alpha value is -3.28. The van der Waals surface area contributed by atoms with Gasteiger partial charge in [-0.15, -0.1) is 10.2 Å². The molecule has 0 aliphatic carbocycles. The van der Waals surface area contributed by atoms with Gasteiger partial charge in [-0.05, 0) is 18.6 Å². The van der Waals surface area contributed by atoms with Crippen LogP contribution >= 0.6 is 0 Å². The van der Waals surface area contributed by atoms with Crippen molar-refractivity contribution in [3.8, 4) is 0 Å². The SMILES string of the molecule is CCn1c2ccccc2c2nnc(N/N=C\c3ccccc3)nc21. The summed E-state index contributed by atoms with van der Waals surface area (Å²) in [4.78, 5) is 4.58. The molecule has 6 heteroatoms. The molecule has 0 amide bonds. The quantitative estimate of drug-likeness (QED) is 0.462. The van der Waals surface area contributed by atoms with E-state index in [9.17, 15) is 0 Å². The predicted octanol–water partition coefficient (Wildman–Crippen LogP) is 3.45. The van der Waals surface area contributed by atoms with Crippen LogP contribution in [0.15, 0.2) is 59.7 Å². The Balaban J connectivity index is 1.70. The molecule has 0 spiro atoms. The minimum atomic E-state index is 0.382. The zero-order valence-electron chi connectivity index (χ0n) is 13.2. The third-order valence-electron chi connectivity index (χ3n) is 3.87. The van der Waals surface area contributed by atoms with E-state index in [0.717, 1.165) is 34.2 Å². The lowest BCUT2D eigenvalue weighted by Crippen LogP contribution is -2.02. The van der Waals surface area contributed by atoms with E-state index < -0.39 is 0 Å². The maximum Gasteiger partial charge on any atom is 0.265 e. The largest absolute Gasteiger partial charge is 0.324 e. The van der Waals surface area contributed by atoms with Crippen molar-refractivity contribution < 1.29 is 0 Å². The van der Waals surface area contributed by atoms with Crippen LogP contribution in [0.5, 0.6) is 0 Å². The van der Waals surface area contributed by atoms with Crippen LogP contribution in [0.25, 0.3) is 22.1 Å². The van der Waals surface area contributed by atoms with Gasteiger partial charge in [-0.3, -0.25) is 0 Å². The van der Waals surface area contributed by atoms with Crippen LogP contribution in [-0.2, 0) is 6.54 Å². The molecule has 6 nitrogen and oxygen atoms in total. The van der Waals surface area contributed by atoms with Crippen molar-refractivity contribution in [1.29, 1.82) is 0 Å². The number of para-hydroxylation sites is 1. The fourth-order valence-electron chi connectivity index (χ4n) is 2.77. The first-order chi connectivity index (χ1) is 11.9. The van der Waals surface area contributed by atoms with E-state index in [0.29, 0.717) is 5.95 Å². The van der Waals surface area contributed by atoms with E-state index in [1.165, 1.54) is 0 Å². The Bertz CT molecular complexity index is 1020. The number of benzene rings is 2. The van der Waals surface area contributed by atoms with Crippen LogP contribution in [0.3, 0.4) is 0 Å². The smallest absolute Gasteiger partial charge is 0.265 e. The lowest BCUT2D eigenvalue weighted by molar-refractivity contribution is 0.811. The number of nitrogens with one attached hydrogen (secondary N) is 1. The molecule has 0 aliphatic rings. The van der Waals surface area contributed by atoms with Gasteiger partial charge in [0, 0.05) is 11.9 Å². The lowest BCUT2D eigenvalue weighted by Gasteiger charge is -2.02. The van der Waals surface area contributed by atoms with Crippen LogP contribution in [0.1, 0.15) is 12.5 Å². The molecular formula is C18H16N6. The molecule has 4 aromatic rings. The van der Waals surface area contributed by atoms with Gasteiger partial charge in [-0.25, -0.2) is 5.43 Å². The normalized spacial score (nSPS) is 11.5. The molecule has 0 fully saturated rings. The third-order valence-corrected chi connectivity index (χ3v) is 3.87. The maximum absolute atomic E-state index is 4.58. The Kier molecular flexibility index (Phi) is 3.63. The number of hydrazone groups is 1. The highest BCUT2D eigenvalue weighted by molar-refractivity contribution is 6.04. The van der Waals surface area contributed by atoms with Crippen LogP contribution in [0, 0.1) is 0 Å². The molecule has 2 aromatic carbocycles. The number of nitrogens with zero attached hydrogens (tertiary/aromatic N) is 5. The molecule has 0 aliphatic heterocycles. The van der Waals surface area contributed by atoms with Crippen molar-refractivity contribution in [3.63, 3.8) is 0 Å². The fraction of sp³-hybridized carbons (Fsp3) is 0.111. The second-order valence-corrected chi connectivity index (χ2v) is 5.35. The van der Waals surface area contributed by atoms with Crippen molar-refractivity contribution >= 4 is 34.2 Å². The van der Waals surface area contributed by atoms with Gasteiger partial charge < -0.3 is 4.57 Å². The van der Waals surface area contributed by atoms with Gasteiger partial charge in [0.25, 0.3) is 5.95 Å². The number of hydrogen-bond donors (Lipinski definition) is 1. The van der Waals surface area contributed by atoms with Crippen LogP contribution in [0.2, 0.25) is 0 Å². The highest BCUT2D eigenvalue weighted by Gasteiger charge is 2.13.